The Balaban J connectivity index is 1.96. The number of halogens is 2. The Labute approximate surface area is 131 Å². The topological polar surface area (TPSA) is 54.5 Å². The molecular weight excluding hydrogens is 298 g/mol. The summed E-state index contributed by atoms with van der Waals surface area (Å²) in [6, 6.07) is 9.20. The number of benzene rings is 1. The molecule has 0 fully saturated rings. The van der Waals surface area contributed by atoms with E-state index in [2.05, 4.69) is 9.97 Å². The van der Waals surface area contributed by atoms with Gasteiger partial charge in [0.25, 0.3) is 0 Å². The lowest BCUT2D eigenvalue weighted by atomic mass is 10.1. The van der Waals surface area contributed by atoms with Gasteiger partial charge in [0, 0.05) is 12.4 Å². The molecule has 0 saturated carbocycles. The van der Waals surface area contributed by atoms with Crippen molar-refractivity contribution in [2.45, 2.75) is 0 Å². The third-order valence-electron chi connectivity index (χ3n) is 3.19. The van der Waals surface area contributed by atoms with Crippen LogP contribution in [0.15, 0.2) is 55.2 Å². The van der Waals surface area contributed by atoms with Gasteiger partial charge in [0.05, 0.1) is 29.5 Å². The first-order valence-corrected chi connectivity index (χ1v) is 6.69. The molecule has 0 unspecified atom stereocenters. The Morgan fingerprint density at radius 2 is 2.09 bits per heavy atom. The molecule has 3 aromatic rings. The number of pyridine rings is 1. The zero-order valence-corrected chi connectivity index (χ0v) is 11.8. The highest BCUT2D eigenvalue weighted by atomic mass is 19.1. The van der Waals surface area contributed by atoms with Gasteiger partial charge in [-0.1, -0.05) is 6.07 Å². The van der Waals surface area contributed by atoms with Crippen LogP contribution in [0.3, 0.4) is 0 Å². The van der Waals surface area contributed by atoms with Gasteiger partial charge in [0.15, 0.2) is 0 Å². The van der Waals surface area contributed by atoms with Gasteiger partial charge in [-0.2, -0.15) is 5.26 Å². The maximum Gasteiger partial charge on any atom is 0.147 e. The van der Waals surface area contributed by atoms with E-state index in [-0.39, 0.29) is 5.57 Å². The maximum atomic E-state index is 14.2. The fraction of sp³-hybridized carbons (Fsp3) is 0. The van der Waals surface area contributed by atoms with Crippen LogP contribution in [0.25, 0.3) is 17.3 Å². The fourth-order valence-electron chi connectivity index (χ4n) is 2.09. The third-order valence-corrected chi connectivity index (χ3v) is 3.19. The first kappa shape index (κ1) is 14.6. The molecule has 0 amide bonds. The summed E-state index contributed by atoms with van der Waals surface area (Å²) >= 11 is 0. The van der Waals surface area contributed by atoms with Crippen molar-refractivity contribution >= 4 is 11.6 Å². The van der Waals surface area contributed by atoms with E-state index in [1.165, 1.54) is 30.6 Å². The first-order chi connectivity index (χ1) is 11.2. The van der Waals surface area contributed by atoms with Crippen LogP contribution in [-0.2, 0) is 0 Å². The van der Waals surface area contributed by atoms with E-state index in [4.69, 9.17) is 0 Å². The lowest BCUT2D eigenvalue weighted by molar-refractivity contribution is 0.618. The molecule has 0 aliphatic rings. The molecule has 0 aliphatic carbocycles. The summed E-state index contributed by atoms with van der Waals surface area (Å²) in [6.45, 7) is 0. The molecule has 0 bridgehead atoms. The predicted octanol–water partition coefficient (Wildman–Crippen LogP) is 3.61. The van der Waals surface area contributed by atoms with Crippen LogP contribution < -0.4 is 0 Å². The van der Waals surface area contributed by atoms with Crippen LogP contribution >= 0.6 is 0 Å². The summed E-state index contributed by atoms with van der Waals surface area (Å²) in [5, 5.41) is 9.23. The van der Waals surface area contributed by atoms with Crippen LogP contribution in [-0.4, -0.2) is 14.5 Å². The molecule has 0 aliphatic heterocycles. The van der Waals surface area contributed by atoms with Gasteiger partial charge < -0.3 is 4.57 Å². The highest BCUT2D eigenvalue weighted by Gasteiger charge is 2.07. The van der Waals surface area contributed by atoms with Gasteiger partial charge in [-0.15, -0.1) is 0 Å². The molecule has 0 saturated heterocycles. The molecule has 1 aromatic carbocycles. The van der Waals surface area contributed by atoms with Gasteiger partial charge in [-0.05, 0) is 35.9 Å². The zero-order chi connectivity index (χ0) is 16.2. The van der Waals surface area contributed by atoms with Crippen molar-refractivity contribution in [3.8, 4) is 11.8 Å². The number of hydrogen-bond donors (Lipinski definition) is 0. The minimum atomic E-state index is -0.484. The first-order valence-electron chi connectivity index (χ1n) is 6.69. The van der Waals surface area contributed by atoms with Crippen molar-refractivity contribution in [2.75, 3.05) is 0 Å². The Kier molecular flexibility index (Phi) is 3.93. The molecule has 3 rings (SSSR count). The second-order valence-electron chi connectivity index (χ2n) is 4.71. The van der Waals surface area contributed by atoms with Crippen LogP contribution in [0.2, 0.25) is 0 Å². The summed E-state index contributed by atoms with van der Waals surface area (Å²) in [6.07, 6.45) is 7.22. The van der Waals surface area contributed by atoms with E-state index < -0.39 is 11.6 Å². The highest BCUT2D eigenvalue weighted by molar-refractivity contribution is 5.88. The van der Waals surface area contributed by atoms with Crippen LogP contribution in [0.5, 0.6) is 0 Å². The third kappa shape index (κ3) is 3.14. The number of aromatic nitrogens is 3. The average Bonchev–Trinajstić information content (AvgIpc) is 3.08. The number of rotatable bonds is 3. The molecule has 4 nitrogen and oxygen atoms in total. The number of hydrogen-bond acceptors (Lipinski definition) is 3. The van der Waals surface area contributed by atoms with Crippen molar-refractivity contribution in [2.24, 2.45) is 0 Å². The Morgan fingerprint density at radius 1 is 1.22 bits per heavy atom. The quantitative estimate of drug-likeness (QED) is 0.695. The fourth-order valence-corrected chi connectivity index (χ4v) is 2.09. The maximum absolute atomic E-state index is 14.2. The van der Waals surface area contributed by atoms with Gasteiger partial charge in [0.2, 0.25) is 0 Å². The van der Waals surface area contributed by atoms with E-state index in [0.29, 0.717) is 16.9 Å². The van der Waals surface area contributed by atoms with Gasteiger partial charge in [-0.3, -0.25) is 4.98 Å². The Morgan fingerprint density at radius 3 is 2.70 bits per heavy atom. The lowest BCUT2D eigenvalue weighted by Gasteiger charge is -2.05. The molecule has 112 valence electrons. The van der Waals surface area contributed by atoms with Gasteiger partial charge >= 0.3 is 0 Å². The summed E-state index contributed by atoms with van der Waals surface area (Å²) in [7, 11) is 0. The Bertz CT molecular complexity index is 891. The molecule has 0 spiro atoms. The molecule has 23 heavy (non-hydrogen) atoms. The van der Waals surface area contributed by atoms with Crippen LogP contribution in [0.4, 0.5) is 8.78 Å². The predicted molar refractivity (Wildman–Crippen MR) is 81.2 cm³/mol. The monoisotopic (exact) mass is 308 g/mol. The van der Waals surface area contributed by atoms with E-state index in [0.717, 1.165) is 6.20 Å². The van der Waals surface area contributed by atoms with Crippen molar-refractivity contribution in [1.29, 1.82) is 5.26 Å². The number of imidazole rings is 1. The molecular formula is C17H10F2N4. The van der Waals surface area contributed by atoms with Crippen molar-refractivity contribution in [3.05, 3.63) is 78.1 Å². The summed E-state index contributed by atoms with van der Waals surface area (Å²) < 4.78 is 28.6. The average molecular weight is 308 g/mol. The van der Waals surface area contributed by atoms with Gasteiger partial charge in [0.1, 0.15) is 17.7 Å². The van der Waals surface area contributed by atoms with Crippen molar-refractivity contribution in [3.63, 3.8) is 0 Å². The van der Waals surface area contributed by atoms with Crippen molar-refractivity contribution < 1.29 is 8.78 Å². The second kappa shape index (κ2) is 6.20. The Hall–Kier alpha value is -3.33. The van der Waals surface area contributed by atoms with E-state index >= 15 is 0 Å². The molecule has 0 radical (unpaired) electrons. The SMILES string of the molecule is N#C/C(=C/c1ccc(-n2ccnc2)c(F)c1)c1ccc(F)cn1. The highest BCUT2D eigenvalue weighted by Crippen LogP contribution is 2.20. The summed E-state index contributed by atoms with van der Waals surface area (Å²) in [5.41, 5.74) is 1.42. The molecule has 0 N–H and O–H groups in total. The minimum Gasteiger partial charge on any atom is -0.303 e. The normalized spacial score (nSPS) is 11.3. The molecule has 6 heteroatoms. The van der Waals surface area contributed by atoms with E-state index in [1.54, 1.807) is 29.1 Å². The largest absolute Gasteiger partial charge is 0.303 e. The van der Waals surface area contributed by atoms with E-state index in [1.807, 2.05) is 6.07 Å². The molecule has 2 aromatic heterocycles. The number of nitrogens with zero attached hydrogens (tertiary/aromatic N) is 4. The second-order valence-corrected chi connectivity index (χ2v) is 4.71. The molecule has 2 heterocycles. The lowest BCUT2D eigenvalue weighted by Crippen LogP contribution is -1.95. The van der Waals surface area contributed by atoms with Crippen LogP contribution in [0.1, 0.15) is 11.3 Å². The zero-order valence-electron chi connectivity index (χ0n) is 11.8. The number of allylic oxidation sites excluding steroid dienone is 1. The van der Waals surface area contributed by atoms with Gasteiger partial charge in [-0.25, -0.2) is 13.8 Å². The van der Waals surface area contributed by atoms with Crippen molar-refractivity contribution in [1.82, 2.24) is 14.5 Å². The standard InChI is InChI=1S/C17H10F2N4/c18-14-2-3-16(22-10-14)13(9-20)7-12-1-4-17(15(19)8-12)23-6-5-21-11-23/h1-8,10-11H/b13-7-. The number of nitriles is 1. The van der Waals surface area contributed by atoms with Crippen LogP contribution in [0, 0.1) is 23.0 Å². The summed E-state index contributed by atoms with van der Waals surface area (Å²) in [5.74, 6) is -0.928. The van der Waals surface area contributed by atoms with E-state index in [9.17, 15) is 14.0 Å². The summed E-state index contributed by atoms with van der Waals surface area (Å²) in [4.78, 5) is 7.73. The minimum absolute atomic E-state index is 0.222. The smallest absolute Gasteiger partial charge is 0.147 e. The molecule has 0 atom stereocenters.